The van der Waals surface area contributed by atoms with Gasteiger partial charge in [0.1, 0.15) is 0 Å². The quantitative estimate of drug-likeness (QED) is 0.518. The van der Waals surface area contributed by atoms with Crippen molar-refractivity contribution in [2.24, 2.45) is 7.05 Å². The van der Waals surface area contributed by atoms with Gasteiger partial charge in [-0.3, -0.25) is 4.79 Å². The molecule has 6 heteroatoms. The molecule has 5 nitrogen and oxygen atoms in total. The molecular formula is C23H22N2O3S. The lowest BCUT2D eigenvalue weighted by Gasteiger charge is -2.13. The summed E-state index contributed by atoms with van der Waals surface area (Å²) in [5, 5.41) is 0.687. The second-order valence-electron chi connectivity index (χ2n) is 7.39. The molecule has 0 radical (unpaired) electrons. The average molecular weight is 407 g/mol. The van der Waals surface area contributed by atoms with Crippen LogP contribution in [0.25, 0.3) is 22.2 Å². The maximum atomic E-state index is 12.4. The molecule has 0 aliphatic heterocycles. The third-order valence-corrected chi connectivity index (χ3v) is 6.30. The molecule has 2 heterocycles. The molecule has 0 bridgehead atoms. The van der Waals surface area contributed by atoms with Crippen LogP contribution in [0.15, 0.2) is 76.6 Å². The molecule has 0 saturated carbocycles. The van der Waals surface area contributed by atoms with Gasteiger partial charge in [0.05, 0.1) is 16.1 Å². The maximum absolute atomic E-state index is 12.4. The summed E-state index contributed by atoms with van der Waals surface area (Å²) in [4.78, 5) is 12.5. The Balaban J connectivity index is 2.05. The maximum Gasteiger partial charge on any atom is 0.253 e. The Kier molecular flexibility index (Phi) is 4.67. The number of hydrogen-bond acceptors (Lipinski definition) is 3. The van der Waals surface area contributed by atoms with Gasteiger partial charge in [0, 0.05) is 42.6 Å². The van der Waals surface area contributed by atoms with Crippen molar-refractivity contribution in [3.8, 4) is 11.3 Å². The standard InChI is InChI=1S/C23H22N2O3S/c1-16-12-18(15-24(2)23(16)26)21-13-19-20(10-7-11-22(19)29(3,27)28)25(21)14-17-8-5-4-6-9-17/h4-13,15H,14H2,1-3H3. The van der Waals surface area contributed by atoms with Crippen molar-refractivity contribution in [2.75, 3.05) is 6.26 Å². The summed E-state index contributed by atoms with van der Waals surface area (Å²) in [6.45, 7) is 2.38. The van der Waals surface area contributed by atoms with Gasteiger partial charge in [-0.25, -0.2) is 8.42 Å². The van der Waals surface area contributed by atoms with Crippen LogP contribution in [0.5, 0.6) is 0 Å². The fraction of sp³-hybridized carbons (Fsp3) is 0.174. The summed E-state index contributed by atoms with van der Waals surface area (Å²) in [6, 6.07) is 19.1. The molecule has 2 aromatic carbocycles. The predicted octanol–water partition coefficient (Wildman–Crippen LogP) is 3.77. The van der Waals surface area contributed by atoms with Crippen LogP contribution in [0, 0.1) is 6.92 Å². The van der Waals surface area contributed by atoms with Crippen LogP contribution in [0.1, 0.15) is 11.1 Å². The SMILES string of the molecule is Cc1cc(-c2cc3c(S(C)(=O)=O)cccc3n2Cc2ccccc2)cn(C)c1=O. The minimum Gasteiger partial charge on any atom is -0.336 e. The summed E-state index contributed by atoms with van der Waals surface area (Å²) >= 11 is 0. The highest BCUT2D eigenvalue weighted by Gasteiger charge is 2.19. The highest BCUT2D eigenvalue weighted by Crippen LogP contribution is 2.33. The second-order valence-corrected chi connectivity index (χ2v) is 9.37. The number of rotatable bonds is 4. The third-order valence-electron chi connectivity index (χ3n) is 5.15. The monoisotopic (exact) mass is 406 g/mol. The molecule has 0 saturated heterocycles. The fourth-order valence-electron chi connectivity index (χ4n) is 3.77. The van der Waals surface area contributed by atoms with Gasteiger partial charge in [-0.1, -0.05) is 36.4 Å². The number of pyridine rings is 1. The highest BCUT2D eigenvalue weighted by molar-refractivity contribution is 7.91. The molecule has 4 rings (SSSR count). The number of hydrogen-bond donors (Lipinski definition) is 0. The van der Waals surface area contributed by atoms with Crippen LogP contribution < -0.4 is 5.56 Å². The number of sulfone groups is 1. The van der Waals surface area contributed by atoms with Gasteiger partial charge in [0.25, 0.3) is 5.56 Å². The van der Waals surface area contributed by atoms with E-state index >= 15 is 0 Å². The lowest BCUT2D eigenvalue weighted by Crippen LogP contribution is -2.18. The van der Waals surface area contributed by atoms with E-state index in [2.05, 4.69) is 4.57 Å². The van der Waals surface area contributed by atoms with Crippen molar-refractivity contribution < 1.29 is 8.42 Å². The van der Waals surface area contributed by atoms with Gasteiger partial charge in [-0.2, -0.15) is 0 Å². The van der Waals surface area contributed by atoms with Crippen molar-refractivity contribution in [1.82, 2.24) is 9.13 Å². The van der Waals surface area contributed by atoms with Crippen LogP contribution in [0.2, 0.25) is 0 Å². The first-order chi connectivity index (χ1) is 13.8. The van der Waals surface area contributed by atoms with Gasteiger partial charge < -0.3 is 9.13 Å². The summed E-state index contributed by atoms with van der Waals surface area (Å²) in [7, 11) is -1.65. The van der Waals surface area contributed by atoms with Crippen LogP contribution in [0.4, 0.5) is 0 Å². The van der Waals surface area contributed by atoms with Crippen molar-refractivity contribution in [1.29, 1.82) is 0 Å². The van der Waals surface area contributed by atoms with Gasteiger partial charge in [0.15, 0.2) is 9.84 Å². The first-order valence-electron chi connectivity index (χ1n) is 9.29. The first-order valence-corrected chi connectivity index (χ1v) is 11.2. The Bertz CT molecular complexity index is 1350. The van der Waals surface area contributed by atoms with E-state index in [4.69, 9.17) is 0 Å². The predicted molar refractivity (Wildman–Crippen MR) is 116 cm³/mol. The largest absolute Gasteiger partial charge is 0.336 e. The first kappa shape index (κ1) is 19.2. The van der Waals surface area contributed by atoms with E-state index in [1.807, 2.05) is 48.5 Å². The lowest BCUT2D eigenvalue weighted by molar-refractivity contribution is 0.602. The van der Waals surface area contributed by atoms with Gasteiger partial charge in [-0.15, -0.1) is 0 Å². The lowest BCUT2D eigenvalue weighted by atomic mass is 10.1. The Morgan fingerprint density at radius 2 is 1.69 bits per heavy atom. The molecule has 0 unspecified atom stereocenters. The van der Waals surface area contributed by atoms with Crippen molar-refractivity contribution >= 4 is 20.7 Å². The van der Waals surface area contributed by atoms with Gasteiger partial charge in [0.2, 0.25) is 0 Å². The Hall–Kier alpha value is -3.12. The molecule has 4 aromatic rings. The van der Waals surface area contributed by atoms with Crippen molar-refractivity contribution in [3.05, 3.63) is 88.3 Å². The van der Waals surface area contributed by atoms with Crippen LogP contribution in [-0.2, 0) is 23.4 Å². The summed E-state index contributed by atoms with van der Waals surface area (Å²) in [5.74, 6) is 0. The molecule has 0 N–H and O–H groups in total. The van der Waals surface area contributed by atoms with Crippen molar-refractivity contribution in [3.63, 3.8) is 0 Å². The van der Waals surface area contributed by atoms with E-state index in [-0.39, 0.29) is 5.56 Å². The van der Waals surface area contributed by atoms with E-state index in [0.717, 1.165) is 22.3 Å². The summed E-state index contributed by atoms with van der Waals surface area (Å²) in [5.41, 5.74) is 4.30. The molecule has 0 spiro atoms. The highest BCUT2D eigenvalue weighted by atomic mass is 32.2. The smallest absolute Gasteiger partial charge is 0.253 e. The zero-order valence-corrected chi connectivity index (χ0v) is 17.4. The summed E-state index contributed by atoms with van der Waals surface area (Å²) in [6.07, 6.45) is 3.03. The number of fused-ring (bicyclic) bond motifs is 1. The zero-order valence-electron chi connectivity index (χ0n) is 16.6. The van der Waals surface area contributed by atoms with E-state index in [9.17, 15) is 13.2 Å². The normalized spacial score (nSPS) is 11.8. The molecular weight excluding hydrogens is 384 g/mol. The Labute approximate surface area is 169 Å². The number of benzene rings is 2. The molecule has 29 heavy (non-hydrogen) atoms. The Morgan fingerprint density at radius 3 is 2.34 bits per heavy atom. The number of nitrogens with zero attached hydrogens (tertiary/aromatic N) is 2. The number of aromatic nitrogens is 2. The molecule has 0 aliphatic rings. The molecule has 0 amide bonds. The molecule has 0 atom stereocenters. The molecule has 0 fully saturated rings. The topological polar surface area (TPSA) is 61.1 Å². The minimum absolute atomic E-state index is 0.0451. The second kappa shape index (κ2) is 7.04. The molecule has 2 aromatic heterocycles. The van der Waals surface area contributed by atoms with Crippen LogP contribution in [0.3, 0.4) is 0 Å². The third kappa shape index (κ3) is 3.51. The fourth-order valence-corrected chi connectivity index (χ4v) is 4.66. The van der Waals surface area contributed by atoms with E-state index in [1.54, 1.807) is 36.9 Å². The van der Waals surface area contributed by atoms with Crippen LogP contribution >= 0.6 is 0 Å². The average Bonchev–Trinajstić information content (AvgIpc) is 3.04. The van der Waals surface area contributed by atoms with Gasteiger partial charge >= 0.3 is 0 Å². The van der Waals surface area contributed by atoms with E-state index in [0.29, 0.717) is 22.4 Å². The molecule has 148 valence electrons. The Morgan fingerprint density at radius 1 is 0.966 bits per heavy atom. The summed E-state index contributed by atoms with van der Waals surface area (Å²) < 4.78 is 28.4. The van der Waals surface area contributed by atoms with E-state index in [1.165, 1.54) is 6.26 Å². The van der Waals surface area contributed by atoms with Crippen LogP contribution in [-0.4, -0.2) is 23.8 Å². The zero-order chi connectivity index (χ0) is 20.8. The van der Waals surface area contributed by atoms with Gasteiger partial charge in [-0.05, 0) is 36.8 Å². The minimum atomic E-state index is -3.38. The number of aryl methyl sites for hydroxylation is 2. The van der Waals surface area contributed by atoms with E-state index < -0.39 is 9.84 Å². The molecule has 0 aliphatic carbocycles. The van der Waals surface area contributed by atoms with Crippen molar-refractivity contribution in [2.45, 2.75) is 18.4 Å².